The summed E-state index contributed by atoms with van der Waals surface area (Å²) in [5.74, 6) is -0.318. The lowest BCUT2D eigenvalue weighted by Crippen LogP contribution is -2.23. The van der Waals surface area contributed by atoms with Crippen LogP contribution in [0, 0.1) is 11.7 Å². The summed E-state index contributed by atoms with van der Waals surface area (Å²) in [5.41, 5.74) is 3.00. The van der Waals surface area contributed by atoms with Crippen molar-refractivity contribution in [3.05, 3.63) is 69.0 Å². The molecule has 0 aliphatic rings. The van der Waals surface area contributed by atoms with Gasteiger partial charge in [-0.25, -0.2) is 4.68 Å². The smallest absolute Gasteiger partial charge is 0.262 e. The molecule has 2 aromatic heterocycles. The fraction of sp³-hybridized carbons (Fsp3) is 0.238. The number of aromatic nitrogens is 6. The molecule has 32 heavy (non-hydrogen) atoms. The maximum Gasteiger partial charge on any atom is 0.262 e. The van der Waals surface area contributed by atoms with Crippen molar-refractivity contribution in [1.29, 1.82) is 0 Å². The molecule has 0 spiro atoms. The molecule has 10 nitrogen and oxygen atoms in total. The van der Waals surface area contributed by atoms with E-state index in [1.165, 1.54) is 15.6 Å². The molecule has 0 unspecified atom stereocenters. The van der Waals surface area contributed by atoms with Crippen molar-refractivity contribution in [2.45, 2.75) is 19.9 Å². The highest BCUT2D eigenvalue weighted by Gasteiger charge is 2.12. The second-order valence-electron chi connectivity index (χ2n) is 7.20. The van der Waals surface area contributed by atoms with Crippen LogP contribution in [0.4, 0.5) is 5.69 Å². The van der Waals surface area contributed by atoms with Crippen LogP contribution in [-0.4, -0.2) is 49.4 Å². The Labute approximate surface area is 187 Å². The van der Waals surface area contributed by atoms with Gasteiger partial charge in [0.25, 0.3) is 11.5 Å². The van der Waals surface area contributed by atoms with Crippen LogP contribution in [0.5, 0.6) is 0 Å². The number of ether oxygens (including phenoxy) is 1. The summed E-state index contributed by atoms with van der Waals surface area (Å²) < 4.78 is 8.38. The molecule has 0 radical (unpaired) electrons. The standard InChI is InChI=1S/C21H21N7O3S/c1-13-4-6-15(11-18(13)28-12-22-25-26-28)23-19(29)14-5-7-16-17(10-14)24-21(32)27(20(16)30)8-3-9-31-2/h4-7,10-12H,3,8-9H2,1-2H3,(H,23,29)(H,24,32). The number of nitrogens with one attached hydrogen (secondary N) is 2. The van der Waals surface area contributed by atoms with E-state index in [0.29, 0.717) is 46.5 Å². The highest BCUT2D eigenvalue weighted by Crippen LogP contribution is 2.19. The third-order valence-corrected chi connectivity index (χ3v) is 5.36. The number of aryl methyl sites for hydroxylation is 1. The minimum atomic E-state index is -0.318. The number of amides is 1. The Morgan fingerprint density at radius 2 is 2.09 bits per heavy atom. The third-order valence-electron chi connectivity index (χ3n) is 5.04. The van der Waals surface area contributed by atoms with Crippen LogP contribution < -0.4 is 10.9 Å². The second-order valence-corrected chi connectivity index (χ2v) is 7.59. The highest BCUT2D eigenvalue weighted by molar-refractivity contribution is 7.71. The van der Waals surface area contributed by atoms with Crippen molar-refractivity contribution in [1.82, 2.24) is 29.8 Å². The second kappa shape index (κ2) is 9.20. The number of carbonyl (C=O) groups excluding carboxylic acids is 1. The molecule has 0 saturated heterocycles. The number of methoxy groups -OCH3 is 1. The lowest BCUT2D eigenvalue weighted by Gasteiger charge is -2.11. The van der Waals surface area contributed by atoms with Gasteiger partial charge in [0.15, 0.2) is 4.77 Å². The number of nitrogens with zero attached hydrogens (tertiary/aromatic N) is 5. The summed E-state index contributed by atoms with van der Waals surface area (Å²) in [6, 6.07) is 10.3. The van der Waals surface area contributed by atoms with E-state index < -0.39 is 0 Å². The zero-order valence-corrected chi connectivity index (χ0v) is 18.3. The molecule has 0 aliphatic heterocycles. The fourth-order valence-electron chi connectivity index (χ4n) is 3.37. The zero-order valence-electron chi connectivity index (χ0n) is 17.5. The molecule has 0 aliphatic carbocycles. The lowest BCUT2D eigenvalue weighted by atomic mass is 10.1. The molecule has 2 N–H and O–H groups in total. The third kappa shape index (κ3) is 4.34. The predicted octanol–water partition coefficient (Wildman–Crippen LogP) is 2.63. The number of benzene rings is 2. The Morgan fingerprint density at radius 1 is 1.25 bits per heavy atom. The van der Waals surface area contributed by atoms with Gasteiger partial charge in [0.2, 0.25) is 0 Å². The lowest BCUT2D eigenvalue weighted by molar-refractivity contribution is 0.102. The van der Waals surface area contributed by atoms with Crippen LogP contribution in [0.25, 0.3) is 16.6 Å². The summed E-state index contributed by atoms with van der Waals surface area (Å²) in [7, 11) is 1.61. The molecule has 11 heteroatoms. The summed E-state index contributed by atoms with van der Waals surface area (Å²) in [4.78, 5) is 28.7. The Hall–Kier alpha value is -3.70. The van der Waals surface area contributed by atoms with E-state index in [1.54, 1.807) is 37.4 Å². The van der Waals surface area contributed by atoms with Crippen LogP contribution in [0.1, 0.15) is 22.3 Å². The van der Waals surface area contributed by atoms with Crippen LogP contribution in [0.2, 0.25) is 0 Å². The molecular weight excluding hydrogens is 430 g/mol. The van der Waals surface area contributed by atoms with Crippen molar-refractivity contribution >= 4 is 34.7 Å². The van der Waals surface area contributed by atoms with E-state index in [1.807, 2.05) is 13.0 Å². The summed E-state index contributed by atoms with van der Waals surface area (Å²) >= 11 is 5.34. The number of rotatable bonds is 7. The normalized spacial score (nSPS) is 11.1. The number of aromatic amines is 1. The van der Waals surface area contributed by atoms with E-state index in [4.69, 9.17) is 17.0 Å². The molecule has 0 fully saturated rings. The van der Waals surface area contributed by atoms with Crippen molar-refractivity contribution in [3.8, 4) is 5.69 Å². The molecule has 4 aromatic rings. The highest BCUT2D eigenvalue weighted by atomic mass is 32.1. The summed E-state index contributed by atoms with van der Waals surface area (Å²) in [6.45, 7) is 2.92. The van der Waals surface area contributed by atoms with Gasteiger partial charge < -0.3 is 15.0 Å². The van der Waals surface area contributed by atoms with Crippen LogP contribution in [-0.2, 0) is 11.3 Å². The number of tetrazole rings is 1. The number of hydrogen-bond donors (Lipinski definition) is 2. The molecule has 0 bridgehead atoms. The average molecular weight is 452 g/mol. The molecule has 2 aromatic carbocycles. The van der Waals surface area contributed by atoms with Crippen LogP contribution >= 0.6 is 12.2 Å². The quantitative estimate of drug-likeness (QED) is 0.327. The maximum atomic E-state index is 12.9. The van der Waals surface area contributed by atoms with Crippen LogP contribution in [0.15, 0.2) is 47.5 Å². The summed E-state index contributed by atoms with van der Waals surface area (Å²) in [5, 5.41) is 14.5. The topological polar surface area (TPSA) is 120 Å². The molecular formula is C21H21N7O3S. The van der Waals surface area contributed by atoms with Crippen molar-refractivity contribution < 1.29 is 9.53 Å². The molecule has 0 atom stereocenters. The summed E-state index contributed by atoms with van der Waals surface area (Å²) in [6.07, 6.45) is 2.16. The molecule has 0 saturated carbocycles. The van der Waals surface area contributed by atoms with Gasteiger partial charge in [0.1, 0.15) is 6.33 Å². The minimum Gasteiger partial charge on any atom is -0.385 e. The van der Waals surface area contributed by atoms with Crippen LogP contribution in [0.3, 0.4) is 0 Å². The number of H-pyrrole nitrogens is 1. The van der Waals surface area contributed by atoms with Gasteiger partial charge in [0, 0.05) is 31.5 Å². The van der Waals surface area contributed by atoms with E-state index >= 15 is 0 Å². The Morgan fingerprint density at radius 3 is 2.84 bits per heavy atom. The van der Waals surface area contributed by atoms with E-state index in [2.05, 4.69) is 25.8 Å². The zero-order chi connectivity index (χ0) is 22.7. The van der Waals surface area contributed by atoms with Gasteiger partial charge >= 0.3 is 0 Å². The van der Waals surface area contributed by atoms with Gasteiger partial charge in [-0.15, -0.1) is 5.10 Å². The largest absolute Gasteiger partial charge is 0.385 e. The van der Waals surface area contributed by atoms with Gasteiger partial charge in [-0.05, 0) is 71.9 Å². The van der Waals surface area contributed by atoms with Crippen molar-refractivity contribution in [2.75, 3.05) is 19.0 Å². The van der Waals surface area contributed by atoms with E-state index in [9.17, 15) is 9.59 Å². The number of anilines is 1. The number of fused-ring (bicyclic) bond motifs is 1. The van der Waals surface area contributed by atoms with Gasteiger partial charge in [-0.2, -0.15) is 0 Å². The Balaban J connectivity index is 1.61. The average Bonchev–Trinajstić information content (AvgIpc) is 3.31. The number of hydrogen-bond acceptors (Lipinski definition) is 7. The van der Waals surface area contributed by atoms with Gasteiger partial charge in [-0.1, -0.05) is 6.07 Å². The van der Waals surface area contributed by atoms with Crippen molar-refractivity contribution in [2.24, 2.45) is 0 Å². The van der Waals surface area contributed by atoms with E-state index in [0.717, 1.165) is 11.3 Å². The fourth-order valence-corrected chi connectivity index (χ4v) is 3.66. The molecule has 1 amide bonds. The first-order valence-corrected chi connectivity index (χ1v) is 10.3. The SMILES string of the molecule is COCCCn1c(=S)[nH]c2cc(C(=O)Nc3ccc(C)c(-n4cnnn4)c3)ccc2c1=O. The van der Waals surface area contributed by atoms with E-state index in [-0.39, 0.29) is 11.5 Å². The Bertz CT molecular complexity index is 1390. The molecule has 164 valence electrons. The predicted molar refractivity (Wildman–Crippen MR) is 122 cm³/mol. The minimum absolute atomic E-state index is 0.198. The first-order valence-electron chi connectivity index (χ1n) is 9.89. The van der Waals surface area contributed by atoms with Gasteiger partial charge in [0.05, 0.1) is 16.6 Å². The molecule has 4 rings (SSSR count). The number of carbonyl (C=O) groups is 1. The maximum absolute atomic E-state index is 12.9. The van der Waals surface area contributed by atoms with Gasteiger partial charge in [-0.3, -0.25) is 14.2 Å². The monoisotopic (exact) mass is 451 g/mol. The molecule has 2 heterocycles. The Kier molecular flexibility index (Phi) is 6.19. The first kappa shape index (κ1) is 21.5. The van der Waals surface area contributed by atoms with Crippen molar-refractivity contribution in [3.63, 3.8) is 0 Å². The first-order chi connectivity index (χ1) is 15.5.